The molecule has 3 aromatic rings. The molecule has 0 fully saturated rings. The highest BCUT2D eigenvalue weighted by molar-refractivity contribution is 5.61. The summed E-state index contributed by atoms with van der Waals surface area (Å²) in [7, 11) is 1.88. The van der Waals surface area contributed by atoms with Gasteiger partial charge in [-0.15, -0.1) is 0 Å². The van der Waals surface area contributed by atoms with Gasteiger partial charge in [0.1, 0.15) is 11.4 Å². The molecular formula is C16H17N5O. The molecule has 1 aromatic carbocycles. The Morgan fingerprint density at radius 1 is 1.27 bits per heavy atom. The van der Waals surface area contributed by atoms with E-state index in [0.29, 0.717) is 11.4 Å². The van der Waals surface area contributed by atoms with E-state index in [9.17, 15) is 4.79 Å². The fourth-order valence-electron chi connectivity index (χ4n) is 2.47. The Labute approximate surface area is 127 Å². The van der Waals surface area contributed by atoms with Gasteiger partial charge in [0.2, 0.25) is 5.95 Å². The van der Waals surface area contributed by atoms with Crippen molar-refractivity contribution in [2.24, 2.45) is 7.05 Å². The van der Waals surface area contributed by atoms with Crippen LogP contribution in [-0.2, 0) is 13.5 Å². The van der Waals surface area contributed by atoms with Gasteiger partial charge in [-0.1, -0.05) is 30.3 Å². The number of rotatable bonds is 3. The van der Waals surface area contributed by atoms with Gasteiger partial charge in [0.05, 0.1) is 0 Å². The average Bonchev–Trinajstić information content (AvgIpc) is 2.76. The highest BCUT2D eigenvalue weighted by Crippen LogP contribution is 2.25. The van der Waals surface area contributed by atoms with E-state index in [0.717, 1.165) is 17.7 Å². The van der Waals surface area contributed by atoms with Gasteiger partial charge in [-0.3, -0.25) is 14.5 Å². The lowest BCUT2D eigenvalue weighted by molar-refractivity contribution is 0.740. The molecule has 22 heavy (non-hydrogen) atoms. The van der Waals surface area contributed by atoms with E-state index in [4.69, 9.17) is 5.73 Å². The second kappa shape index (κ2) is 5.48. The molecule has 2 aromatic heterocycles. The Kier molecular flexibility index (Phi) is 3.50. The Balaban J connectivity index is 2.12. The molecule has 0 bridgehead atoms. The fourth-order valence-corrected chi connectivity index (χ4v) is 2.47. The lowest BCUT2D eigenvalue weighted by Crippen LogP contribution is -2.10. The Bertz CT molecular complexity index is 864. The summed E-state index contributed by atoms with van der Waals surface area (Å²) in [4.78, 5) is 18.3. The number of nitrogens with two attached hydrogens (primary N) is 1. The Morgan fingerprint density at radius 2 is 2.00 bits per heavy atom. The minimum atomic E-state index is -0.281. The van der Waals surface area contributed by atoms with E-state index in [2.05, 4.69) is 27.2 Å². The molecule has 0 aliphatic rings. The van der Waals surface area contributed by atoms with Crippen molar-refractivity contribution in [3.05, 3.63) is 63.6 Å². The van der Waals surface area contributed by atoms with E-state index < -0.39 is 0 Å². The number of aryl methyl sites for hydroxylation is 1. The number of hydrogen-bond donors (Lipinski definition) is 2. The van der Waals surface area contributed by atoms with Crippen molar-refractivity contribution in [3.63, 3.8) is 0 Å². The third kappa shape index (κ3) is 2.63. The van der Waals surface area contributed by atoms with Crippen molar-refractivity contribution in [2.45, 2.75) is 13.3 Å². The second-order valence-electron chi connectivity index (χ2n) is 5.21. The summed E-state index contributed by atoms with van der Waals surface area (Å²) in [6.07, 6.45) is 0.726. The van der Waals surface area contributed by atoms with Crippen LogP contribution in [-0.4, -0.2) is 19.7 Å². The van der Waals surface area contributed by atoms with E-state index >= 15 is 0 Å². The molecule has 0 radical (unpaired) electrons. The van der Waals surface area contributed by atoms with Crippen molar-refractivity contribution in [1.29, 1.82) is 0 Å². The molecule has 0 aliphatic carbocycles. The standard InChI is InChI=1S/C16H17N5O/c1-10-12(8-11-6-4-3-5-7-11)15(20-21(10)2)13-9-14(22)19-16(17)18-13/h3-7,9H,8H2,1-2H3,(H3,17,18,19,22). The van der Waals surface area contributed by atoms with Crippen molar-refractivity contribution in [3.8, 4) is 11.4 Å². The summed E-state index contributed by atoms with van der Waals surface area (Å²) >= 11 is 0. The predicted molar refractivity (Wildman–Crippen MR) is 85.5 cm³/mol. The SMILES string of the molecule is Cc1c(Cc2ccccc2)c(-c2cc(=O)[nH]c(N)n2)nn1C. The first-order chi connectivity index (χ1) is 10.5. The average molecular weight is 295 g/mol. The van der Waals surface area contributed by atoms with Gasteiger partial charge in [-0.25, -0.2) is 4.98 Å². The van der Waals surface area contributed by atoms with Crippen LogP contribution in [0, 0.1) is 6.92 Å². The molecule has 0 aliphatic heterocycles. The van der Waals surface area contributed by atoms with Crippen LogP contribution in [0.5, 0.6) is 0 Å². The van der Waals surface area contributed by atoms with Gasteiger partial charge in [-0.2, -0.15) is 5.10 Å². The lowest BCUT2D eigenvalue weighted by Gasteiger charge is -2.04. The number of nitrogens with one attached hydrogen (secondary N) is 1. The van der Waals surface area contributed by atoms with Crippen LogP contribution in [0.2, 0.25) is 0 Å². The lowest BCUT2D eigenvalue weighted by atomic mass is 10.0. The maximum atomic E-state index is 11.6. The summed E-state index contributed by atoms with van der Waals surface area (Å²) in [5.74, 6) is 0.0940. The number of H-pyrrole nitrogens is 1. The largest absolute Gasteiger partial charge is 0.369 e. The first-order valence-electron chi connectivity index (χ1n) is 6.98. The zero-order valence-corrected chi connectivity index (χ0v) is 12.5. The molecule has 0 amide bonds. The van der Waals surface area contributed by atoms with Crippen LogP contribution in [0.4, 0.5) is 5.95 Å². The van der Waals surface area contributed by atoms with Crippen LogP contribution in [0.15, 0.2) is 41.2 Å². The number of benzene rings is 1. The van der Waals surface area contributed by atoms with Crippen molar-refractivity contribution in [1.82, 2.24) is 19.7 Å². The topological polar surface area (TPSA) is 89.6 Å². The predicted octanol–water partition coefficient (Wildman–Crippen LogP) is 1.65. The summed E-state index contributed by atoms with van der Waals surface area (Å²) < 4.78 is 1.80. The molecule has 0 atom stereocenters. The van der Waals surface area contributed by atoms with Gasteiger partial charge < -0.3 is 5.73 Å². The number of aromatic nitrogens is 4. The zero-order valence-electron chi connectivity index (χ0n) is 12.5. The first-order valence-corrected chi connectivity index (χ1v) is 6.98. The monoisotopic (exact) mass is 295 g/mol. The molecule has 6 heteroatoms. The summed E-state index contributed by atoms with van der Waals surface area (Å²) in [5, 5.41) is 4.50. The number of nitrogens with zero attached hydrogens (tertiary/aromatic N) is 3. The molecule has 112 valence electrons. The number of anilines is 1. The van der Waals surface area contributed by atoms with Crippen molar-refractivity contribution >= 4 is 5.95 Å². The molecular weight excluding hydrogens is 278 g/mol. The Hall–Kier alpha value is -2.89. The van der Waals surface area contributed by atoms with Gasteiger partial charge >= 0.3 is 0 Å². The normalized spacial score (nSPS) is 10.8. The molecule has 0 spiro atoms. The summed E-state index contributed by atoms with van der Waals surface area (Å²) in [6.45, 7) is 2.01. The van der Waals surface area contributed by atoms with Crippen LogP contribution in [0.3, 0.4) is 0 Å². The van der Waals surface area contributed by atoms with E-state index in [-0.39, 0.29) is 11.5 Å². The number of nitrogen functional groups attached to an aromatic ring is 1. The number of aromatic amines is 1. The molecule has 0 unspecified atom stereocenters. The van der Waals surface area contributed by atoms with E-state index in [1.807, 2.05) is 32.2 Å². The molecule has 0 saturated heterocycles. The molecule has 3 N–H and O–H groups in total. The third-order valence-corrected chi connectivity index (χ3v) is 3.68. The van der Waals surface area contributed by atoms with E-state index in [1.165, 1.54) is 11.6 Å². The van der Waals surface area contributed by atoms with Gasteiger partial charge in [0, 0.05) is 30.8 Å². The third-order valence-electron chi connectivity index (χ3n) is 3.68. The first kappa shape index (κ1) is 14.1. The van der Waals surface area contributed by atoms with Gasteiger partial charge in [-0.05, 0) is 12.5 Å². The fraction of sp³-hybridized carbons (Fsp3) is 0.188. The summed E-state index contributed by atoms with van der Waals surface area (Å²) in [5.41, 5.74) is 9.82. The van der Waals surface area contributed by atoms with Crippen molar-refractivity contribution in [2.75, 3.05) is 5.73 Å². The highest BCUT2D eigenvalue weighted by atomic mass is 16.1. The van der Waals surface area contributed by atoms with Crippen LogP contribution < -0.4 is 11.3 Å². The highest BCUT2D eigenvalue weighted by Gasteiger charge is 2.17. The smallest absolute Gasteiger partial charge is 0.252 e. The molecule has 3 rings (SSSR count). The van der Waals surface area contributed by atoms with Crippen LogP contribution in [0.1, 0.15) is 16.8 Å². The maximum Gasteiger partial charge on any atom is 0.252 e. The van der Waals surface area contributed by atoms with Gasteiger partial charge in [0.25, 0.3) is 5.56 Å². The molecule has 2 heterocycles. The minimum absolute atomic E-state index is 0.0940. The van der Waals surface area contributed by atoms with Crippen molar-refractivity contribution < 1.29 is 0 Å². The second-order valence-corrected chi connectivity index (χ2v) is 5.21. The summed E-state index contributed by atoms with van der Waals surface area (Å²) in [6, 6.07) is 11.5. The van der Waals surface area contributed by atoms with E-state index in [1.54, 1.807) is 4.68 Å². The van der Waals surface area contributed by atoms with Crippen LogP contribution >= 0.6 is 0 Å². The number of hydrogen-bond acceptors (Lipinski definition) is 4. The maximum absolute atomic E-state index is 11.6. The zero-order chi connectivity index (χ0) is 15.7. The van der Waals surface area contributed by atoms with Gasteiger partial charge in [0.15, 0.2) is 0 Å². The minimum Gasteiger partial charge on any atom is -0.369 e. The Morgan fingerprint density at radius 3 is 2.68 bits per heavy atom. The molecule has 0 saturated carbocycles. The van der Waals surface area contributed by atoms with Crippen LogP contribution in [0.25, 0.3) is 11.4 Å². The molecule has 6 nitrogen and oxygen atoms in total. The quantitative estimate of drug-likeness (QED) is 0.769.